The first-order valence-electron chi connectivity index (χ1n) is 8.39. The summed E-state index contributed by atoms with van der Waals surface area (Å²) in [7, 11) is 4.13. The van der Waals surface area contributed by atoms with E-state index in [1.807, 2.05) is 14.0 Å². The number of aryl methyl sites for hydroxylation is 2. The lowest BCUT2D eigenvalue weighted by molar-refractivity contribution is 0.310. The third-order valence-corrected chi connectivity index (χ3v) is 5.43. The maximum atomic E-state index is 4.69. The fourth-order valence-electron chi connectivity index (χ4n) is 4.30. The van der Waals surface area contributed by atoms with Crippen molar-refractivity contribution >= 4 is 22.8 Å². The van der Waals surface area contributed by atoms with Crippen LogP contribution in [-0.2, 0) is 0 Å². The van der Waals surface area contributed by atoms with Gasteiger partial charge in [-0.3, -0.25) is 4.90 Å². The molecule has 2 aliphatic heterocycles. The van der Waals surface area contributed by atoms with Crippen molar-refractivity contribution in [2.75, 3.05) is 24.7 Å². The van der Waals surface area contributed by atoms with Gasteiger partial charge < -0.3 is 10.6 Å². The molecule has 2 aliphatic rings. The van der Waals surface area contributed by atoms with Crippen LogP contribution in [-0.4, -0.2) is 52.1 Å². The molecule has 0 spiro atoms. The van der Waals surface area contributed by atoms with Gasteiger partial charge in [0, 0.05) is 30.9 Å². The minimum atomic E-state index is 0.437. The summed E-state index contributed by atoms with van der Waals surface area (Å²) in [5.74, 6) is 1.53. The molecule has 0 unspecified atom stereocenters. The summed E-state index contributed by atoms with van der Waals surface area (Å²) in [5, 5.41) is 7.77. The number of nitrogens with one attached hydrogen (secondary N) is 2. The van der Waals surface area contributed by atoms with E-state index in [1.54, 1.807) is 0 Å². The summed E-state index contributed by atoms with van der Waals surface area (Å²) in [6, 6.07) is 3.82. The topological polar surface area (TPSA) is 66.0 Å². The number of rotatable bonds is 3. The fraction of sp³-hybridized carbons (Fsp3) is 0.588. The number of aromatic nitrogens is 3. The number of pyridine rings is 1. The number of fused-ring (bicyclic) bond motifs is 3. The molecule has 4 heterocycles. The number of anilines is 2. The molecule has 2 aromatic rings. The van der Waals surface area contributed by atoms with Crippen molar-refractivity contribution in [2.24, 2.45) is 0 Å². The highest BCUT2D eigenvalue weighted by Crippen LogP contribution is 2.37. The maximum Gasteiger partial charge on any atom is 0.227 e. The predicted octanol–water partition coefficient (Wildman–Crippen LogP) is 2.33. The van der Waals surface area contributed by atoms with Gasteiger partial charge in [0.25, 0.3) is 0 Å². The second kappa shape index (κ2) is 5.30. The van der Waals surface area contributed by atoms with E-state index in [0.29, 0.717) is 24.1 Å². The van der Waals surface area contributed by atoms with Gasteiger partial charge in [-0.05, 0) is 51.8 Å². The largest absolute Gasteiger partial charge is 0.372 e. The Morgan fingerprint density at radius 3 is 2.65 bits per heavy atom. The SMILES string of the molecule is CNc1nc(N[C@@H]2C[C@@H]3CC[C@H]2N3C)nc2nc(C)cc(C)c12. The van der Waals surface area contributed by atoms with Gasteiger partial charge in [-0.15, -0.1) is 0 Å². The summed E-state index contributed by atoms with van der Waals surface area (Å²) < 4.78 is 0. The van der Waals surface area contributed by atoms with E-state index in [-0.39, 0.29) is 0 Å². The van der Waals surface area contributed by atoms with E-state index < -0.39 is 0 Å². The molecule has 6 heteroatoms. The van der Waals surface area contributed by atoms with E-state index in [1.165, 1.54) is 19.3 Å². The van der Waals surface area contributed by atoms with Crippen molar-refractivity contribution in [1.29, 1.82) is 0 Å². The van der Waals surface area contributed by atoms with Gasteiger partial charge >= 0.3 is 0 Å². The highest BCUT2D eigenvalue weighted by molar-refractivity contribution is 5.90. The van der Waals surface area contributed by atoms with Crippen LogP contribution >= 0.6 is 0 Å². The van der Waals surface area contributed by atoms with Crippen molar-refractivity contribution in [3.05, 3.63) is 17.3 Å². The molecule has 0 saturated carbocycles. The van der Waals surface area contributed by atoms with Gasteiger partial charge in [0.2, 0.25) is 5.95 Å². The average Bonchev–Trinajstić information content (AvgIpc) is 3.00. The van der Waals surface area contributed by atoms with E-state index in [9.17, 15) is 0 Å². The quantitative estimate of drug-likeness (QED) is 0.907. The third kappa shape index (κ3) is 2.32. The molecule has 0 aromatic carbocycles. The molecule has 3 atom stereocenters. The average molecular weight is 312 g/mol. The summed E-state index contributed by atoms with van der Waals surface area (Å²) in [5.41, 5.74) is 2.91. The zero-order valence-electron chi connectivity index (χ0n) is 14.2. The fourth-order valence-corrected chi connectivity index (χ4v) is 4.30. The molecule has 6 nitrogen and oxygen atoms in total. The lowest BCUT2D eigenvalue weighted by Crippen LogP contribution is -2.35. The summed E-state index contributed by atoms with van der Waals surface area (Å²) in [6.45, 7) is 4.09. The van der Waals surface area contributed by atoms with Crippen molar-refractivity contribution in [3.63, 3.8) is 0 Å². The van der Waals surface area contributed by atoms with Crippen LogP contribution in [0.1, 0.15) is 30.5 Å². The van der Waals surface area contributed by atoms with Crippen molar-refractivity contribution in [1.82, 2.24) is 19.9 Å². The number of nitrogens with zero attached hydrogens (tertiary/aromatic N) is 4. The van der Waals surface area contributed by atoms with E-state index in [4.69, 9.17) is 4.98 Å². The van der Waals surface area contributed by atoms with Crippen LogP contribution in [0.5, 0.6) is 0 Å². The number of hydrogen-bond acceptors (Lipinski definition) is 6. The van der Waals surface area contributed by atoms with Crippen molar-refractivity contribution < 1.29 is 0 Å². The molecular weight excluding hydrogens is 288 g/mol. The van der Waals surface area contributed by atoms with Crippen LogP contribution in [0.25, 0.3) is 11.0 Å². The minimum absolute atomic E-state index is 0.437. The van der Waals surface area contributed by atoms with Gasteiger partial charge in [0.1, 0.15) is 5.82 Å². The van der Waals surface area contributed by atoms with Gasteiger partial charge in [-0.2, -0.15) is 9.97 Å². The van der Waals surface area contributed by atoms with Gasteiger partial charge in [-0.1, -0.05) is 0 Å². The Balaban J connectivity index is 1.71. The highest BCUT2D eigenvalue weighted by Gasteiger charge is 2.44. The van der Waals surface area contributed by atoms with Gasteiger partial charge in [0.15, 0.2) is 5.65 Å². The van der Waals surface area contributed by atoms with Crippen LogP contribution in [0.2, 0.25) is 0 Å². The second-order valence-electron chi connectivity index (χ2n) is 6.88. The van der Waals surface area contributed by atoms with E-state index >= 15 is 0 Å². The van der Waals surface area contributed by atoms with Gasteiger partial charge in [0.05, 0.1) is 5.39 Å². The first-order valence-corrected chi connectivity index (χ1v) is 8.39. The Morgan fingerprint density at radius 2 is 2.00 bits per heavy atom. The molecule has 2 saturated heterocycles. The highest BCUT2D eigenvalue weighted by atomic mass is 15.3. The summed E-state index contributed by atoms with van der Waals surface area (Å²) >= 11 is 0. The Hall–Kier alpha value is -1.95. The minimum Gasteiger partial charge on any atom is -0.372 e. The smallest absolute Gasteiger partial charge is 0.227 e. The van der Waals surface area contributed by atoms with Gasteiger partial charge in [-0.25, -0.2) is 4.98 Å². The number of hydrogen-bond donors (Lipinski definition) is 2. The molecule has 23 heavy (non-hydrogen) atoms. The van der Waals surface area contributed by atoms with Crippen LogP contribution in [0, 0.1) is 13.8 Å². The van der Waals surface area contributed by atoms with E-state index in [0.717, 1.165) is 28.1 Å². The maximum absolute atomic E-state index is 4.69. The molecule has 2 fully saturated rings. The van der Waals surface area contributed by atoms with Crippen LogP contribution in [0.4, 0.5) is 11.8 Å². The number of likely N-dealkylation sites (N-methyl/N-ethyl adjacent to an activating group) is 1. The Bertz CT molecular complexity index is 758. The standard InChI is InChI=1S/C17H24N6/c1-9-7-10(2)19-16-14(9)15(18-3)21-17(22-16)20-12-8-11-5-6-13(12)23(11)4/h7,11-13H,5-6,8H2,1-4H3,(H2,18,19,20,21,22)/t11-,12+,13+/m0/s1. The van der Waals surface area contributed by atoms with Crippen LogP contribution in [0.3, 0.4) is 0 Å². The molecule has 0 amide bonds. The Morgan fingerprint density at radius 1 is 1.17 bits per heavy atom. The molecule has 2 N–H and O–H groups in total. The molecular formula is C17H24N6. The Labute approximate surface area is 136 Å². The van der Waals surface area contributed by atoms with Crippen LogP contribution < -0.4 is 10.6 Å². The normalized spacial score (nSPS) is 26.9. The summed E-state index contributed by atoms with van der Waals surface area (Å²) in [6.07, 6.45) is 3.76. The first kappa shape index (κ1) is 14.6. The lowest BCUT2D eigenvalue weighted by Gasteiger charge is -2.23. The first-order chi connectivity index (χ1) is 11.1. The monoisotopic (exact) mass is 312 g/mol. The molecule has 4 rings (SSSR count). The van der Waals surface area contributed by atoms with Crippen molar-refractivity contribution in [3.8, 4) is 0 Å². The van der Waals surface area contributed by atoms with E-state index in [2.05, 4.69) is 45.5 Å². The zero-order valence-corrected chi connectivity index (χ0v) is 14.2. The molecule has 122 valence electrons. The summed E-state index contributed by atoms with van der Waals surface area (Å²) in [4.78, 5) is 16.5. The Kier molecular flexibility index (Phi) is 3.37. The lowest BCUT2D eigenvalue weighted by atomic mass is 9.96. The third-order valence-electron chi connectivity index (χ3n) is 5.43. The molecule has 0 aliphatic carbocycles. The predicted molar refractivity (Wildman–Crippen MR) is 93.0 cm³/mol. The van der Waals surface area contributed by atoms with Crippen molar-refractivity contribution in [2.45, 2.75) is 51.2 Å². The van der Waals surface area contributed by atoms with Crippen LogP contribution in [0.15, 0.2) is 6.07 Å². The zero-order chi connectivity index (χ0) is 16.1. The molecule has 2 bridgehead atoms. The molecule has 0 radical (unpaired) electrons. The molecule has 2 aromatic heterocycles. The second-order valence-corrected chi connectivity index (χ2v) is 6.88.